The number of rotatable bonds is 7. The molecule has 0 amide bonds. The molecule has 8 nitrogen and oxygen atoms in total. The fraction of sp³-hybridized carbons (Fsp3) is 0. The van der Waals surface area contributed by atoms with E-state index in [1.807, 2.05) is 55.0 Å². The molecule has 14 rings (SSSR count). The van der Waals surface area contributed by atoms with Gasteiger partial charge < -0.3 is 9.13 Å². The van der Waals surface area contributed by atoms with Crippen molar-refractivity contribution in [3.63, 3.8) is 0 Å². The smallest absolute Gasteiger partial charge is 0.162 e. The molecule has 322 valence electrons. The molecule has 0 saturated heterocycles. The topological polar surface area (TPSA) is 79.2 Å². The summed E-state index contributed by atoms with van der Waals surface area (Å²) in [4.78, 5) is 25.3. The number of hydrogen-bond acceptors (Lipinski definition) is 5. The molecular weight excluding hydrogens is 845 g/mol. The zero-order valence-corrected chi connectivity index (χ0v) is 37.0. The highest BCUT2D eigenvalue weighted by Crippen LogP contribution is 2.40. The molecule has 0 saturated carbocycles. The predicted octanol–water partition coefficient (Wildman–Crippen LogP) is 14.6. The van der Waals surface area contributed by atoms with E-state index >= 15 is 0 Å². The fourth-order valence-electron chi connectivity index (χ4n) is 10.3. The molecule has 0 radical (unpaired) electrons. The van der Waals surface area contributed by atoms with Crippen molar-refractivity contribution in [2.75, 3.05) is 0 Å². The Kier molecular flexibility index (Phi) is 8.72. The third-order valence-electron chi connectivity index (χ3n) is 13.4. The molecule has 0 atom stereocenters. The van der Waals surface area contributed by atoms with Gasteiger partial charge in [0.25, 0.3) is 0 Å². The van der Waals surface area contributed by atoms with Crippen LogP contribution in [-0.2, 0) is 0 Å². The quantitative estimate of drug-likeness (QED) is 0.159. The minimum atomic E-state index is 0.679. The summed E-state index contributed by atoms with van der Waals surface area (Å²) in [5.41, 5.74) is 17.0. The maximum Gasteiger partial charge on any atom is 0.162 e. The predicted molar refractivity (Wildman–Crippen MR) is 280 cm³/mol. The van der Waals surface area contributed by atoms with E-state index < -0.39 is 0 Å². The van der Waals surface area contributed by atoms with Crippen LogP contribution in [0.15, 0.2) is 231 Å². The molecule has 0 unspecified atom stereocenters. The van der Waals surface area contributed by atoms with Crippen molar-refractivity contribution in [2.24, 2.45) is 0 Å². The molecule has 7 heterocycles. The van der Waals surface area contributed by atoms with Gasteiger partial charge in [0.15, 0.2) is 5.82 Å². The molecule has 0 fully saturated rings. The van der Waals surface area contributed by atoms with Crippen LogP contribution in [0.5, 0.6) is 0 Å². The first-order chi connectivity index (χ1) is 34.2. The molecule has 0 bridgehead atoms. The number of pyridine rings is 3. The third-order valence-corrected chi connectivity index (χ3v) is 13.4. The summed E-state index contributed by atoms with van der Waals surface area (Å²) in [5.74, 6) is 1.49. The van der Waals surface area contributed by atoms with E-state index in [0.29, 0.717) is 5.82 Å². The van der Waals surface area contributed by atoms with Crippen LogP contribution in [0.1, 0.15) is 0 Å². The summed E-state index contributed by atoms with van der Waals surface area (Å²) in [6.07, 6.45) is 5.68. The highest BCUT2D eigenvalue weighted by molar-refractivity contribution is 6.12. The lowest BCUT2D eigenvalue weighted by atomic mass is 10.0. The third kappa shape index (κ3) is 6.27. The lowest BCUT2D eigenvalue weighted by Crippen LogP contribution is -2.02. The average molecular weight is 883 g/mol. The summed E-state index contributed by atoms with van der Waals surface area (Å²) in [6.45, 7) is 0. The van der Waals surface area contributed by atoms with Crippen molar-refractivity contribution in [3.8, 4) is 62.2 Å². The van der Waals surface area contributed by atoms with Crippen LogP contribution >= 0.6 is 0 Å². The molecule has 7 aromatic carbocycles. The van der Waals surface area contributed by atoms with Crippen LogP contribution in [0, 0.1) is 0 Å². The summed E-state index contributed by atoms with van der Waals surface area (Å²) < 4.78 is 6.84. The van der Waals surface area contributed by atoms with Crippen molar-refractivity contribution >= 4 is 65.7 Å². The second kappa shape index (κ2) is 15.5. The lowest BCUT2D eigenvalue weighted by molar-refractivity contribution is 1.05. The Labute approximate surface area is 395 Å². The first-order valence-electron chi connectivity index (χ1n) is 23.1. The SMILES string of the molecule is c1ccc(-c2cc(-n3c4ccccc4c4ccc(-c5ccc6c(c5)c5ccccc5n6-c5cncc(-c6ccc7c(n6)c6ncccc6n7-c6ccccc6)c5)cc43)nc(-c3ccccc3)n2)cc1. The standard InChI is InChI=1S/C61H38N8/c1-4-15-39(16-5-1)51-36-58(66-61(65-51)40-17-6-2-7-18-40)69-53-24-13-10-21-46(53)48-28-26-42(35-57(48)69)41-27-30-54-49(34-41)47-22-11-12-23-52(47)68(54)45-33-43(37-62-38-45)50-29-31-56-60(64-50)59-55(25-14-32-63-59)67(56)44-19-8-3-9-20-44/h1-38H. The van der Waals surface area contributed by atoms with Crippen LogP contribution in [0.4, 0.5) is 0 Å². The van der Waals surface area contributed by atoms with Gasteiger partial charge in [0.1, 0.15) is 16.9 Å². The Hall–Kier alpha value is -9.53. The van der Waals surface area contributed by atoms with Crippen molar-refractivity contribution in [3.05, 3.63) is 231 Å². The fourth-order valence-corrected chi connectivity index (χ4v) is 10.3. The summed E-state index contributed by atoms with van der Waals surface area (Å²) >= 11 is 0. The van der Waals surface area contributed by atoms with Crippen molar-refractivity contribution in [2.45, 2.75) is 0 Å². The number of nitrogens with zero attached hydrogens (tertiary/aromatic N) is 8. The van der Waals surface area contributed by atoms with E-state index in [1.54, 1.807) is 0 Å². The van der Waals surface area contributed by atoms with Crippen LogP contribution in [0.25, 0.3) is 128 Å². The Morgan fingerprint density at radius 1 is 0.304 bits per heavy atom. The Balaban J connectivity index is 0.900. The molecule has 14 aromatic rings. The molecule has 8 heteroatoms. The maximum absolute atomic E-state index is 5.28. The minimum absolute atomic E-state index is 0.679. The van der Waals surface area contributed by atoms with Gasteiger partial charge in [0, 0.05) is 62.4 Å². The average Bonchev–Trinajstić information content (AvgIpc) is 4.06. The number of hydrogen-bond donors (Lipinski definition) is 0. The summed E-state index contributed by atoms with van der Waals surface area (Å²) in [5, 5.41) is 4.65. The molecular formula is C61H38N8. The second-order valence-corrected chi connectivity index (χ2v) is 17.4. The Bertz CT molecular complexity index is 4250. The highest BCUT2D eigenvalue weighted by atomic mass is 15.1. The maximum atomic E-state index is 5.28. The van der Waals surface area contributed by atoms with E-state index in [2.05, 4.69) is 190 Å². The van der Waals surface area contributed by atoms with E-state index in [4.69, 9.17) is 24.9 Å². The normalized spacial score (nSPS) is 11.8. The lowest BCUT2D eigenvalue weighted by Gasteiger charge is -2.13. The van der Waals surface area contributed by atoms with Gasteiger partial charge in [-0.25, -0.2) is 15.0 Å². The van der Waals surface area contributed by atoms with E-state index in [0.717, 1.165) is 117 Å². The van der Waals surface area contributed by atoms with Gasteiger partial charge in [-0.15, -0.1) is 0 Å². The zero-order valence-electron chi connectivity index (χ0n) is 37.0. The first-order valence-corrected chi connectivity index (χ1v) is 23.1. The van der Waals surface area contributed by atoms with Crippen molar-refractivity contribution in [1.29, 1.82) is 0 Å². The number of para-hydroxylation sites is 3. The Morgan fingerprint density at radius 2 is 0.913 bits per heavy atom. The molecule has 7 aromatic heterocycles. The summed E-state index contributed by atoms with van der Waals surface area (Å²) in [6, 6.07) is 74.4. The molecule has 0 spiro atoms. The van der Waals surface area contributed by atoms with Crippen LogP contribution < -0.4 is 0 Å². The number of benzene rings is 7. The van der Waals surface area contributed by atoms with Crippen molar-refractivity contribution in [1.82, 2.24) is 38.6 Å². The molecule has 0 N–H and O–H groups in total. The largest absolute Gasteiger partial charge is 0.308 e. The molecule has 69 heavy (non-hydrogen) atoms. The second-order valence-electron chi connectivity index (χ2n) is 17.4. The molecule has 0 aliphatic carbocycles. The summed E-state index contributed by atoms with van der Waals surface area (Å²) in [7, 11) is 0. The van der Waals surface area contributed by atoms with E-state index in [-0.39, 0.29) is 0 Å². The highest BCUT2D eigenvalue weighted by Gasteiger charge is 2.20. The van der Waals surface area contributed by atoms with Gasteiger partial charge in [0.05, 0.1) is 56.4 Å². The van der Waals surface area contributed by atoms with Crippen LogP contribution in [0.2, 0.25) is 0 Å². The first kappa shape index (κ1) is 38.7. The van der Waals surface area contributed by atoms with E-state index in [9.17, 15) is 0 Å². The number of fused-ring (bicyclic) bond motifs is 9. The molecule has 0 aliphatic heterocycles. The van der Waals surface area contributed by atoms with Gasteiger partial charge in [-0.3, -0.25) is 14.5 Å². The minimum Gasteiger partial charge on any atom is -0.308 e. The number of aromatic nitrogens is 8. The van der Waals surface area contributed by atoms with Gasteiger partial charge in [-0.1, -0.05) is 133 Å². The van der Waals surface area contributed by atoms with E-state index in [1.165, 1.54) is 5.39 Å². The van der Waals surface area contributed by atoms with Gasteiger partial charge in [-0.05, 0) is 83.9 Å². The van der Waals surface area contributed by atoms with Gasteiger partial charge in [-0.2, -0.15) is 0 Å². The Morgan fingerprint density at radius 3 is 1.72 bits per heavy atom. The van der Waals surface area contributed by atoms with Gasteiger partial charge in [0.2, 0.25) is 0 Å². The van der Waals surface area contributed by atoms with Gasteiger partial charge >= 0.3 is 0 Å². The monoisotopic (exact) mass is 882 g/mol. The van der Waals surface area contributed by atoms with Crippen LogP contribution in [-0.4, -0.2) is 38.6 Å². The van der Waals surface area contributed by atoms with Crippen molar-refractivity contribution < 1.29 is 0 Å². The van der Waals surface area contributed by atoms with Crippen LogP contribution in [0.3, 0.4) is 0 Å². The zero-order chi connectivity index (χ0) is 45.4. The molecule has 0 aliphatic rings.